The normalized spacial score (nSPS) is 23.0. The Morgan fingerprint density at radius 2 is 2.00 bits per heavy atom. The second kappa shape index (κ2) is 4.23. The molecule has 1 rings (SSSR count). The predicted molar refractivity (Wildman–Crippen MR) is 54.4 cm³/mol. The number of rotatable bonds is 4. The van der Waals surface area contributed by atoms with Crippen LogP contribution in [0.15, 0.2) is 0 Å². The van der Waals surface area contributed by atoms with Gasteiger partial charge in [-0.2, -0.15) is 0 Å². The van der Waals surface area contributed by atoms with Gasteiger partial charge in [-0.25, -0.2) is 0 Å². The molecule has 0 heterocycles. The van der Waals surface area contributed by atoms with Crippen LogP contribution in [0, 0.1) is 11.3 Å². The molecule has 1 unspecified atom stereocenters. The Morgan fingerprint density at radius 3 is 2.38 bits per heavy atom. The summed E-state index contributed by atoms with van der Waals surface area (Å²) in [7, 11) is 0. The van der Waals surface area contributed by atoms with E-state index >= 15 is 0 Å². The molecule has 1 aliphatic rings. The molecule has 2 heteroatoms. The number of carbonyl (C=O) groups is 1. The summed E-state index contributed by atoms with van der Waals surface area (Å²) in [5.41, 5.74) is 5.41. The Kier molecular flexibility index (Phi) is 3.48. The fourth-order valence-corrected chi connectivity index (χ4v) is 2.10. The number of Topliss-reactive ketones (excluding diaryl/α,β-unsaturated/α-hetero) is 1. The first-order chi connectivity index (χ1) is 6.14. The molecule has 0 saturated heterocycles. The molecule has 76 valence electrons. The third-order valence-electron chi connectivity index (χ3n) is 3.55. The van der Waals surface area contributed by atoms with E-state index in [9.17, 15) is 4.79 Å². The average Bonchev–Trinajstić information content (AvgIpc) is 2.68. The number of nitrogens with two attached hydrogens (primary N) is 1. The zero-order chi connectivity index (χ0) is 9.90. The van der Waals surface area contributed by atoms with Crippen molar-refractivity contribution in [3.8, 4) is 0 Å². The Hall–Kier alpha value is -0.370. The van der Waals surface area contributed by atoms with Gasteiger partial charge in [0, 0.05) is 17.9 Å². The topological polar surface area (TPSA) is 43.1 Å². The van der Waals surface area contributed by atoms with Gasteiger partial charge < -0.3 is 5.73 Å². The predicted octanol–water partition coefficient (Wildman–Crippen LogP) is 2.12. The summed E-state index contributed by atoms with van der Waals surface area (Å²) in [5.74, 6) is 0.725. The van der Waals surface area contributed by atoms with Crippen LogP contribution in [0.1, 0.15) is 46.0 Å². The van der Waals surface area contributed by atoms with Crippen LogP contribution in [0.5, 0.6) is 0 Å². The van der Waals surface area contributed by atoms with Crippen LogP contribution < -0.4 is 5.73 Å². The van der Waals surface area contributed by atoms with Gasteiger partial charge in [0.15, 0.2) is 0 Å². The molecule has 1 atom stereocenters. The minimum atomic E-state index is -0.255. The molecule has 2 N–H and O–H groups in total. The van der Waals surface area contributed by atoms with E-state index in [4.69, 9.17) is 5.73 Å². The van der Waals surface area contributed by atoms with Crippen molar-refractivity contribution in [3.05, 3.63) is 0 Å². The second-order valence-corrected chi connectivity index (χ2v) is 4.46. The van der Waals surface area contributed by atoms with E-state index in [0.717, 1.165) is 19.3 Å². The molecule has 0 aromatic carbocycles. The molecule has 1 fully saturated rings. The molecular formula is C11H21NO. The average molecular weight is 183 g/mol. The molecular weight excluding hydrogens is 162 g/mol. The molecule has 1 aliphatic carbocycles. The Balaban J connectivity index is 2.63. The summed E-state index contributed by atoms with van der Waals surface area (Å²) in [6.45, 7) is 4.56. The van der Waals surface area contributed by atoms with Crippen LogP contribution in [0.2, 0.25) is 0 Å². The summed E-state index contributed by atoms with van der Waals surface area (Å²) in [6, 6.07) is 0. The minimum Gasteiger partial charge on any atom is -0.329 e. The van der Waals surface area contributed by atoms with Crippen molar-refractivity contribution in [3.63, 3.8) is 0 Å². The number of hydrogen-bond acceptors (Lipinski definition) is 2. The molecule has 0 aromatic rings. The van der Waals surface area contributed by atoms with Gasteiger partial charge >= 0.3 is 0 Å². The van der Waals surface area contributed by atoms with Crippen LogP contribution in [0.25, 0.3) is 0 Å². The lowest BCUT2D eigenvalue weighted by Gasteiger charge is -2.27. The number of ketones is 1. The fraction of sp³-hybridized carbons (Fsp3) is 0.909. The highest BCUT2D eigenvalue weighted by Crippen LogP contribution is 2.33. The molecule has 1 saturated carbocycles. The standard InChI is InChI=1S/C11H21NO/c1-3-11(2,8-12)10(13)9-6-4-5-7-9/h9H,3-8,12H2,1-2H3. The molecule has 0 aromatic heterocycles. The maximum Gasteiger partial charge on any atom is 0.143 e. The smallest absolute Gasteiger partial charge is 0.143 e. The molecule has 0 bridgehead atoms. The highest BCUT2D eigenvalue weighted by atomic mass is 16.1. The first kappa shape index (κ1) is 10.7. The number of hydrogen-bond donors (Lipinski definition) is 1. The number of carbonyl (C=O) groups excluding carboxylic acids is 1. The van der Waals surface area contributed by atoms with Crippen molar-refractivity contribution in [1.82, 2.24) is 0 Å². The Morgan fingerprint density at radius 1 is 1.46 bits per heavy atom. The highest BCUT2D eigenvalue weighted by molar-refractivity contribution is 5.87. The van der Waals surface area contributed by atoms with Gasteiger partial charge in [0.05, 0.1) is 0 Å². The summed E-state index contributed by atoms with van der Waals surface area (Å²) in [6.07, 6.45) is 5.50. The van der Waals surface area contributed by atoms with Crippen molar-refractivity contribution in [2.45, 2.75) is 46.0 Å². The summed E-state index contributed by atoms with van der Waals surface area (Å²) < 4.78 is 0. The van der Waals surface area contributed by atoms with Crippen LogP contribution in [-0.2, 0) is 4.79 Å². The summed E-state index contributed by atoms with van der Waals surface area (Å²) in [4.78, 5) is 12.0. The molecule has 0 aliphatic heterocycles. The van der Waals surface area contributed by atoms with Crippen molar-refractivity contribution in [2.24, 2.45) is 17.1 Å². The van der Waals surface area contributed by atoms with E-state index in [1.54, 1.807) is 0 Å². The SMILES string of the molecule is CCC(C)(CN)C(=O)C1CCCC1. The molecule has 0 spiro atoms. The van der Waals surface area contributed by atoms with Gasteiger partial charge in [-0.1, -0.05) is 26.7 Å². The van der Waals surface area contributed by atoms with Gasteiger partial charge in [0.1, 0.15) is 5.78 Å². The van der Waals surface area contributed by atoms with E-state index in [1.807, 2.05) is 6.92 Å². The largest absolute Gasteiger partial charge is 0.329 e. The Labute approximate surface area is 80.9 Å². The first-order valence-corrected chi connectivity index (χ1v) is 5.38. The quantitative estimate of drug-likeness (QED) is 0.725. The molecule has 0 radical (unpaired) electrons. The Bertz CT molecular complexity index is 179. The lowest BCUT2D eigenvalue weighted by molar-refractivity contribution is -0.131. The van der Waals surface area contributed by atoms with Crippen LogP contribution in [0.3, 0.4) is 0 Å². The molecule has 13 heavy (non-hydrogen) atoms. The lowest BCUT2D eigenvalue weighted by Crippen LogP contribution is -2.38. The van der Waals surface area contributed by atoms with Gasteiger partial charge in [-0.15, -0.1) is 0 Å². The van der Waals surface area contributed by atoms with Gasteiger partial charge in [-0.3, -0.25) is 4.79 Å². The lowest BCUT2D eigenvalue weighted by atomic mass is 9.77. The molecule has 0 amide bonds. The zero-order valence-corrected chi connectivity index (χ0v) is 8.81. The van der Waals surface area contributed by atoms with E-state index in [-0.39, 0.29) is 5.41 Å². The van der Waals surface area contributed by atoms with Gasteiger partial charge in [0.2, 0.25) is 0 Å². The maximum atomic E-state index is 12.0. The van der Waals surface area contributed by atoms with Gasteiger partial charge in [-0.05, 0) is 19.3 Å². The molecule has 2 nitrogen and oxygen atoms in total. The third-order valence-corrected chi connectivity index (χ3v) is 3.55. The van der Waals surface area contributed by atoms with Gasteiger partial charge in [0.25, 0.3) is 0 Å². The third kappa shape index (κ3) is 2.11. The van der Waals surface area contributed by atoms with E-state index < -0.39 is 0 Å². The van der Waals surface area contributed by atoms with Crippen molar-refractivity contribution in [1.29, 1.82) is 0 Å². The maximum absolute atomic E-state index is 12.0. The van der Waals surface area contributed by atoms with Crippen molar-refractivity contribution in [2.75, 3.05) is 6.54 Å². The monoisotopic (exact) mass is 183 g/mol. The van der Waals surface area contributed by atoms with Crippen LogP contribution in [0.4, 0.5) is 0 Å². The van der Waals surface area contributed by atoms with Crippen molar-refractivity contribution < 1.29 is 4.79 Å². The van der Waals surface area contributed by atoms with E-state index in [0.29, 0.717) is 18.2 Å². The zero-order valence-electron chi connectivity index (χ0n) is 8.81. The summed E-state index contributed by atoms with van der Waals surface area (Å²) >= 11 is 0. The fourth-order valence-electron chi connectivity index (χ4n) is 2.10. The van der Waals surface area contributed by atoms with Crippen molar-refractivity contribution >= 4 is 5.78 Å². The second-order valence-electron chi connectivity index (χ2n) is 4.46. The van der Waals surface area contributed by atoms with Crippen LogP contribution >= 0.6 is 0 Å². The van der Waals surface area contributed by atoms with E-state index in [1.165, 1.54) is 12.8 Å². The van der Waals surface area contributed by atoms with E-state index in [2.05, 4.69) is 6.92 Å². The highest BCUT2D eigenvalue weighted by Gasteiger charge is 2.36. The minimum absolute atomic E-state index is 0.255. The first-order valence-electron chi connectivity index (χ1n) is 5.38. The van der Waals surface area contributed by atoms with Crippen LogP contribution in [-0.4, -0.2) is 12.3 Å². The summed E-state index contributed by atoms with van der Waals surface area (Å²) in [5, 5.41) is 0.